The molecular weight excluding hydrogens is 228 g/mol. The molecule has 0 amide bonds. The van der Waals surface area contributed by atoms with Gasteiger partial charge in [0.1, 0.15) is 6.29 Å². The molecule has 1 unspecified atom stereocenters. The first-order valence-corrected chi connectivity index (χ1v) is 6.69. The maximum absolute atomic E-state index is 11.4. The molecule has 1 saturated carbocycles. The first kappa shape index (κ1) is 12.1. The van der Waals surface area contributed by atoms with E-state index in [2.05, 4.69) is 19.6 Å². The Balaban J connectivity index is 2.04. The molecule has 1 heterocycles. The lowest BCUT2D eigenvalue weighted by molar-refractivity contribution is -0.236. The third-order valence-corrected chi connectivity index (χ3v) is 4.86. The Bertz CT molecular complexity index is 406. The molecule has 98 valence electrons. The summed E-state index contributed by atoms with van der Waals surface area (Å²) in [6.07, 6.45) is 7.75. The lowest BCUT2D eigenvalue weighted by Gasteiger charge is -2.55. The zero-order valence-corrected chi connectivity index (χ0v) is 10.9. The van der Waals surface area contributed by atoms with Crippen LogP contribution < -0.4 is 0 Å². The minimum atomic E-state index is -0.471. The van der Waals surface area contributed by atoms with Gasteiger partial charge in [-0.15, -0.1) is 6.58 Å². The quantitative estimate of drug-likeness (QED) is 0.568. The molecule has 0 N–H and O–H groups in total. The molecule has 0 aromatic carbocycles. The van der Waals surface area contributed by atoms with Crippen molar-refractivity contribution < 1.29 is 14.3 Å². The van der Waals surface area contributed by atoms with E-state index < -0.39 is 5.79 Å². The Morgan fingerprint density at radius 2 is 2.22 bits per heavy atom. The molecule has 0 aromatic heterocycles. The van der Waals surface area contributed by atoms with Crippen LogP contribution in [-0.4, -0.2) is 25.3 Å². The summed E-state index contributed by atoms with van der Waals surface area (Å²) in [6.45, 7) is 7.31. The monoisotopic (exact) mass is 248 g/mol. The van der Waals surface area contributed by atoms with Crippen LogP contribution in [-0.2, 0) is 14.3 Å². The van der Waals surface area contributed by atoms with Crippen molar-refractivity contribution >= 4 is 6.29 Å². The lowest BCUT2D eigenvalue weighted by atomic mass is 9.53. The zero-order chi connectivity index (χ0) is 12.8. The Kier molecular flexibility index (Phi) is 2.72. The topological polar surface area (TPSA) is 35.5 Å². The van der Waals surface area contributed by atoms with E-state index in [1.807, 2.05) is 6.08 Å². The second kappa shape index (κ2) is 4.04. The standard InChI is InChI=1S/C15H20O3/c1-3-4-14-8-11(2)13(7-12(14)9-16)15(10-14)17-5-6-18-15/h3,8-9,12-13H,1,4-7,10H2,2H3/t12-,13?,14-/m1/s1. The fourth-order valence-corrected chi connectivity index (χ4v) is 4.14. The lowest BCUT2D eigenvalue weighted by Crippen LogP contribution is -2.56. The maximum Gasteiger partial charge on any atom is 0.175 e. The first-order chi connectivity index (χ1) is 8.66. The third kappa shape index (κ3) is 1.47. The van der Waals surface area contributed by atoms with E-state index in [9.17, 15) is 4.79 Å². The number of hydrogen-bond acceptors (Lipinski definition) is 3. The van der Waals surface area contributed by atoms with E-state index in [4.69, 9.17) is 9.47 Å². The number of rotatable bonds is 3. The van der Waals surface area contributed by atoms with E-state index in [0.29, 0.717) is 13.2 Å². The second-order valence-corrected chi connectivity index (χ2v) is 5.83. The summed E-state index contributed by atoms with van der Waals surface area (Å²) in [4.78, 5) is 11.4. The summed E-state index contributed by atoms with van der Waals surface area (Å²) >= 11 is 0. The zero-order valence-electron chi connectivity index (χ0n) is 10.9. The number of ether oxygens (including phenoxy) is 2. The molecule has 3 nitrogen and oxygen atoms in total. The van der Waals surface area contributed by atoms with Gasteiger partial charge in [-0.1, -0.05) is 17.7 Å². The van der Waals surface area contributed by atoms with E-state index in [-0.39, 0.29) is 17.3 Å². The van der Waals surface area contributed by atoms with Crippen LogP contribution in [0.15, 0.2) is 24.3 Å². The van der Waals surface area contributed by atoms with Gasteiger partial charge in [-0.3, -0.25) is 0 Å². The van der Waals surface area contributed by atoms with Crippen molar-refractivity contribution in [2.45, 2.75) is 32.0 Å². The average Bonchev–Trinajstić information content (AvgIpc) is 2.77. The molecule has 4 aliphatic rings. The molecule has 2 fully saturated rings. The largest absolute Gasteiger partial charge is 0.347 e. The number of aldehydes is 1. The van der Waals surface area contributed by atoms with Gasteiger partial charge in [0.15, 0.2) is 5.79 Å². The Morgan fingerprint density at radius 3 is 2.83 bits per heavy atom. The van der Waals surface area contributed by atoms with E-state index in [1.165, 1.54) is 5.57 Å². The Labute approximate surface area is 108 Å². The van der Waals surface area contributed by atoms with Crippen molar-refractivity contribution in [3.05, 3.63) is 24.3 Å². The normalized spacial score (nSPS) is 40.8. The summed E-state index contributed by atoms with van der Waals surface area (Å²) < 4.78 is 11.9. The summed E-state index contributed by atoms with van der Waals surface area (Å²) in [5, 5.41) is 0. The summed E-state index contributed by atoms with van der Waals surface area (Å²) in [6, 6.07) is 0. The summed E-state index contributed by atoms with van der Waals surface area (Å²) in [5.41, 5.74) is 1.16. The van der Waals surface area contributed by atoms with Gasteiger partial charge in [0, 0.05) is 23.7 Å². The number of carbonyl (C=O) groups excluding carboxylic acids is 1. The van der Waals surface area contributed by atoms with Gasteiger partial charge in [-0.05, 0) is 19.8 Å². The summed E-state index contributed by atoms with van der Waals surface area (Å²) in [7, 11) is 0. The van der Waals surface area contributed by atoms with Crippen molar-refractivity contribution in [3.63, 3.8) is 0 Å². The van der Waals surface area contributed by atoms with Gasteiger partial charge in [0.05, 0.1) is 13.2 Å². The van der Waals surface area contributed by atoms with Gasteiger partial charge >= 0.3 is 0 Å². The highest BCUT2D eigenvalue weighted by molar-refractivity contribution is 5.58. The number of hydrogen-bond donors (Lipinski definition) is 0. The molecule has 3 heteroatoms. The fraction of sp³-hybridized carbons (Fsp3) is 0.667. The van der Waals surface area contributed by atoms with Crippen LogP contribution in [0.5, 0.6) is 0 Å². The molecule has 18 heavy (non-hydrogen) atoms. The fourth-order valence-electron chi connectivity index (χ4n) is 4.14. The van der Waals surface area contributed by atoms with Gasteiger partial charge in [-0.25, -0.2) is 0 Å². The molecule has 3 aliphatic carbocycles. The molecule has 0 aromatic rings. The highest BCUT2D eigenvalue weighted by atomic mass is 16.7. The van der Waals surface area contributed by atoms with Crippen LogP contribution in [0, 0.1) is 17.3 Å². The molecule has 1 spiro atoms. The molecule has 1 saturated heterocycles. The predicted octanol–water partition coefficient (Wildman–Crippen LogP) is 2.48. The number of carbonyl (C=O) groups is 1. The number of allylic oxidation sites excluding steroid dienone is 2. The average molecular weight is 248 g/mol. The minimum Gasteiger partial charge on any atom is -0.347 e. The van der Waals surface area contributed by atoms with Crippen molar-refractivity contribution in [2.24, 2.45) is 17.3 Å². The first-order valence-electron chi connectivity index (χ1n) is 6.69. The van der Waals surface area contributed by atoms with E-state index >= 15 is 0 Å². The Hall–Kier alpha value is -0.930. The SMILES string of the molecule is C=CC[C@]12C=C(C)C(C[C@@H]1C=O)C1(C2)OCCO1. The van der Waals surface area contributed by atoms with Crippen LogP contribution in [0.4, 0.5) is 0 Å². The van der Waals surface area contributed by atoms with Gasteiger partial charge in [-0.2, -0.15) is 0 Å². The highest BCUT2D eigenvalue weighted by Crippen LogP contribution is 2.60. The van der Waals surface area contributed by atoms with Crippen molar-refractivity contribution in [1.29, 1.82) is 0 Å². The Morgan fingerprint density at radius 1 is 1.50 bits per heavy atom. The molecule has 1 aliphatic heterocycles. The van der Waals surface area contributed by atoms with Crippen LogP contribution >= 0.6 is 0 Å². The van der Waals surface area contributed by atoms with E-state index in [1.54, 1.807) is 0 Å². The predicted molar refractivity (Wildman–Crippen MR) is 67.9 cm³/mol. The van der Waals surface area contributed by atoms with Crippen LogP contribution in [0.25, 0.3) is 0 Å². The molecule has 4 rings (SSSR count). The van der Waals surface area contributed by atoms with Gasteiger partial charge in [0.2, 0.25) is 0 Å². The summed E-state index contributed by atoms with van der Waals surface area (Å²) in [5.74, 6) is -0.161. The number of fused-ring (bicyclic) bond motifs is 1. The van der Waals surface area contributed by atoms with Crippen LogP contribution in [0.1, 0.15) is 26.2 Å². The molecular formula is C15H20O3. The van der Waals surface area contributed by atoms with Crippen LogP contribution in [0.2, 0.25) is 0 Å². The van der Waals surface area contributed by atoms with Crippen molar-refractivity contribution in [1.82, 2.24) is 0 Å². The minimum absolute atomic E-state index is 0.0719. The molecule has 2 bridgehead atoms. The van der Waals surface area contributed by atoms with E-state index in [0.717, 1.165) is 25.5 Å². The highest BCUT2D eigenvalue weighted by Gasteiger charge is 2.60. The third-order valence-electron chi connectivity index (χ3n) is 4.86. The van der Waals surface area contributed by atoms with Crippen molar-refractivity contribution in [3.8, 4) is 0 Å². The smallest absolute Gasteiger partial charge is 0.175 e. The molecule has 0 radical (unpaired) electrons. The maximum atomic E-state index is 11.4. The van der Waals surface area contributed by atoms with Crippen LogP contribution in [0.3, 0.4) is 0 Å². The second-order valence-electron chi connectivity index (χ2n) is 5.83. The molecule has 3 atom stereocenters. The van der Waals surface area contributed by atoms with Crippen molar-refractivity contribution in [2.75, 3.05) is 13.2 Å². The van der Waals surface area contributed by atoms with Gasteiger partial charge < -0.3 is 14.3 Å². The van der Waals surface area contributed by atoms with Gasteiger partial charge in [0.25, 0.3) is 0 Å².